The summed E-state index contributed by atoms with van der Waals surface area (Å²) in [6.07, 6.45) is -5.25. The molecule has 0 spiro atoms. The molecule has 1 heterocycles. The second kappa shape index (κ2) is 15.7. The number of aryl methyl sites for hydroxylation is 2. The molecule has 3 aromatic rings. The molecule has 2 aromatic carbocycles. The SMILES string of the molecule is CNCCN(C)C(=O)Oc1c(Cl)c(C)nc(C)c1-c1ccc(C#CCNC(C)c2ccc(OC(F)(F)F)cc2)cc1.Cl. The average molecular weight is 626 g/mol. The van der Waals surface area contributed by atoms with E-state index in [2.05, 4.69) is 32.2 Å². The second-order valence-corrected chi connectivity index (χ2v) is 9.67. The summed E-state index contributed by atoms with van der Waals surface area (Å²) < 4.78 is 46.7. The number of likely N-dealkylation sites (N-methyl/N-ethyl adjacent to an activating group) is 2. The van der Waals surface area contributed by atoms with E-state index >= 15 is 0 Å². The zero-order valence-electron chi connectivity index (χ0n) is 23.9. The molecule has 42 heavy (non-hydrogen) atoms. The highest BCUT2D eigenvalue weighted by molar-refractivity contribution is 6.33. The van der Waals surface area contributed by atoms with Crippen molar-refractivity contribution in [2.24, 2.45) is 0 Å². The van der Waals surface area contributed by atoms with Gasteiger partial charge >= 0.3 is 12.5 Å². The van der Waals surface area contributed by atoms with Crippen molar-refractivity contribution in [2.45, 2.75) is 33.2 Å². The largest absolute Gasteiger partial charge is 0.573 e. The molecule has 0 aliphatic heterocycles. The van der Waals surface area contributed by atoms with Gasteiger partial charge in [0.05, 0.1) is 12.2 Å². The molecule has 0 saturated heterocycles. The van der Waals surface area contributed by atoms with Crippen LogP contribution in [0.4, 0.5) is 18.0 Å². The van der Waals surface area contributed by atoms with E-state index < -0.39 is 12.5 Å². The van der Waals surface area contributed by atoms with E-state index in [9.17, 15) is 18.0 Å². The van der Waals surface area contributed by atoms with Gasteiger partial charge in [0.25, 0.3) is 0 Å². The molecule has 1 aromatic heterocycles. The lowest BCUT2D eigenvalue weighted by Crippen LogP contribution is -2.35. The number of carbonyl (C=O) groups excluding carboxylic acids is 1. The number of rotatable bonds is 9. The number of nitrogens with zero attached hydrogens (tertiary/aromatic N) is 2. The maximum Gasteiger partial charge on any atom is 0.573 e. The minimum atomic E-state index is -4.72. The van der Waals surface area contributed by atoms with E-state index in [4.69, 9.17) is 16.3 Å². The first-order valence-corrected chi connectivity index (χ1v) is 13.2. The molecule has 12 heteroatoms. The number of nitrogens with one attached hydrogen (secondary N) is 2. The molecule has 7 nitrogen and oxygen atoms in total. The van der Waals surface area contributed by atoms with Gasteiger partial charge in [-0.3, -0.25) is 10.3 Å². The van der Waals surface area contributed by atoms with E-state index in [1.54, 1.807) is 33.2 Å². The Hall–Kier alpha value is -3.49. The molecule has 1 amide bonds. The van der Waals surface area contributed by atoms with Crippen LogP contribution in [0.2, 0.25) is 5.02 Å². The maximum absolute atomic E-state index is 12.7. The fourth-order valence-corrected chi connectivity index (χ4v) is 4.09. The highest BCUT2D eigenvalue weighted by Gasteiger charge is 2.31. The van der Waals surface area contributed by atoms with E-state index in [0.29, 0.717) is 36.6 Å². The van der Waals surface area contributed by atoms with Crippen LogP contribution in [0.15, 0.2) is 48.5 Å². The number of ether oxygens (including phenoxy) is 2. The first kappa shape index (κ1) is 34.7. The van der Waals surface area contributed by atoms with Crippen LogP contribution in [0.1, 0.15) is 35.5 Å². The first-order valence-electron chi connectivity index (χ1n) is 12.8. The zero-order valence-corrected chi connectivity index (χ0v) is 25.4. The summed E-state index contributed by atoms with van der Waals surface area (Å²) in [7, 11) is 3.46. The van der Waals surface area contributed by atoms with E-state index in [0.717, 1.165) is 16.7 Å². The summed E-state index contributed by atoms with van der Waals surface area (Å²) in [5.41, 5.74) is 4.19. The van der Waals surface area contributed by atoms with Crippen LogP contribution in [0.25, 0.3) is 11.1 Å². The minimum Gasteiger partial charge on any atom is -0.408 e. The van der Waals surface area contributed by atoms with Crippen molar-refractivity contribution in [2.75, 3.05) is 33.7 Å². The standard InChI is InChI=1S/C30H32ClF3N4O3.ClH/c1-19(23-12-14-25(15-13-23)41-30(32,33)34)36-16-6-7-22-8-10-24(11-9-22)26-20(2)37-21(3)27(31)28(26)40-29(39)38(5)18-17-35-4;/h8-15,19,35-36H,16-18H2,1-5H3;1H. The van der Waals surface area contributed by atoms with Crippen LogP contribution in [0, 0.1) is 25.7 Å². The van der Waals surface area contributed by atoms with Crippen LogP contribution in [-0.2, 0) is 0 Å². The summed E-state index contributed by atoms with van der Waals surface area (Å²) in [5, 5.41) is 6.49. The maximum atomic E-state index is 12.7. The quantitative estimate of drug-likeness (QED) is 0.258. The van der Waals surface area contributed by atoms with Gasteiger partial charge < -0.3 is 19.7 Å². The zero-order chi connectivity index (χ0) is 30.2. The van der Waals surface area contributed by atoms with Gasteiger partial charge in [0.1, 0.15) is 10.8 Å². The normalized spacial score (nSPS) is 11.5. The van der Waals surface area contributed by atoms with Gasteiger partial charge in [-0.1, -0.05) is 47.7 Å². The van der Waals surface area contributed by atoms with Crippen molar-refractivity contribution in [3.05, 3.63) is 76.1 Å². The third kappa shape index (κ3) is 9.81. The van der Waals surface area contributed by atoms with Crippen molar-refractivity contribution < 1.29 is 27.4 Å². The molecular formula is C30H33Cl2F3N4O3. The number of pyridine rings is 1. The Morgan fingerprint density at radius 1 is 1.10 bits per heavy atom. The lowest BCUT2D eigenvalue weighted by molar-refractivity contribution is -0.274. The van der Waals surface area contributed by atoms with Gasteiger partial charge in [-0.25, -0.2) is 4.79 Å². The fourth-order valence-electron chi connectivity index (χ4n) is 3.91. The predicted molar refractivity (Wildman–Crippen MR) is 160 cm³/mol. The summed E-state index contributed by atoms with van der Waals surface area (Å²) >= 11 is 6.54. The number of benzene rings is 2. The number of halogens is 5. The van der Waals surface area contributed by atoms with Crippen LogP contribution in [-0.4, -0.2) is 56.1 Å². The third-order valence-electron chi connectivity index (χ3n) is 6.16. The number of aromatic nitrogens is 1. The van der Waals surface area contributed by atoms with Crippen LogP contribution < -0.4 is 20.1 Å². The predicted octanol–water partition coefficient (Wildman–Crippen LogP) is 6.69. The molecule has 2 N–H and O–H groups in total. The lowest BCUT2D eigenvalue weighted by Gasteiger charge is -2.20. The molecule has 0 radical (unpaired) electrons. The molecule has 0 bridgehead atoms. The van der Waals surface area contributed by atoms with Gasteiger partial charge in [-0.2, -0.15) is 0 Å². The van der Waals surface area contributed by atoms with Crippen molar-refractivity contribution in [1.82, 2.24) is 20.5 Å². The summed E-state index contributed by atoms with van der Waals surface area (Å²) in [5.74, 6) is 6.13. The second-order valence-electron chi connectivity index (χ2n) is 9.29. The van der Waals surface area contributed by atoms with Crippen LogP contribution in [0.3, 0.4) is 0 Å². The number of hydrogen-bond donors (Lipinski definition) is 2. The van der Waals surface area contributed by atoms with E-state index in [1.165, 1.54) is 17.0 Å². The Kier molecular flexibility index (Phi) is 12.9. The van der Waals surface area contributed by atoms with Gasteiger partial charge in [-0.15, -0.1) is 25.6 Å². The monoisotopic (exact) mass is 624 g/mol. The van der Waals surface area contributed by atoms with Crippen molar-refractivity contribution >= 4 is 30.1 Å². The van der Waals surface area contributed by atoms with Gasteiger partial charge in [0.2, 0.25) is 0 Å². The van der Waals surface area contributed by atoms with Gasteiger partial charge in [-0.05, 0) is 63.2 Å². The van der Waals surface area contributed by atoms with Gasteiger partial charge in [0, 0.05) is 43.0 Å². The highest BCUT2D eigenvalue weighted by Crippen LogP contribution is 2.40. The molecule has 0 fully saturated rings. The average Bonchev–Trinajstić information content (AvgIpc) is 2.92. The Morgan fingerprint density at radius 2 is 1.74 bits per heavy atom. The topological polar surface area (TPSA) is 75.7 Å². The van der Waals surface area contributed by atoms with Gasteiger partial charge in [0.15, 0.2) is 5.75 Å². The highest BCUT2D eigenvalue weighted by atomic mass is 35.5. The molecule has 0 aliphatic rings. The lowest BCUT2D eigenvalue weighted by atomic mass is 10.0. The Labute approximate surface area is 255 Å². The molecule has 1 atom stereocenters. The van der Waals surface area contributed by atoms with Crippen molar-refractivity contribution in [1.29, 1.82) is 0 Å². The Morgan fingerprint density at radius 3 is 2.33 bits per heavy atom. The molecular weight excluding hydrogens is 592 g/mol. The number of carbonyl (C=O) groups is 1. The van der Waals surface area contributed by atoms with Crippen LogP contribution >= 0.6 is 24.0 Å². The van der Waals surface area contributed by atoms with Crippen molar-refractivity contribution in [3.8, 4) is 34.5 Å². The van der Waals surface area contributed by atoms with E-state index in [1.807, 2.05) is 38.1 Å². The molecule has 0 saturated carbocycles. The fraction of sp³-hybridized carbons (Fsp3) is 0.333. The van der Waals surface area contributed by atoms with Crippen molar-refractivity contribution in [3.63, 3.8) is 0 Å². The Balaban J connectivity index is 0.00000616. The molecule has 1 unspecified atom stereocenters. The summed E-state index contributed by atoms with van der Waals surface area (Å²) in [6.45, 7) is 6.93. The smallest absolute Gasteiger partial charge is 0.408 e. The summed E-state index contributed by atoms with van der Waals surface area (Å²) in [6, 6.07) is 13.0. The third-order valence-corrected chi connectivity index (χ3v) is 6.60. The molecule has 0 aliphatic carbocycles. The van der Waals surface area contributed by atoms with E-state index in [-0.39, 0.29) is 35.0 Å². The first-order chi connectivity index (χ1) is 19.4. The molecule has 226 valence electrons. The Bertz CT molecular complexity index is 1410. The van der Waals surface area contributed by atoms with Crippen LogP contribution in [0.5, 0.6) is 11.5 Å². The number of amides is 1. The number of alkyl halides is 3. The molecule has 3 rings (SSSR count). The number of hydrogen-bond acceptors (Lipinski definition) is 6. The minimum absolute atomic E-state index is 0. The summed E-state index contributed by atoms with van der Waals surface area (Å²) in [4.78, 5) is 18.7.